The van der Waals surface area contributed by atoms with Gasteiger partial charge in [0.25, 0.3) is 10.0 Å². The molecule has 1 amide bonds. The molecule has 0 heterocycles. The van der Waals surface area contributed by atoms with Crippen LogP contribution in [0.3, 0.4) is 0 Å². The van der Waals surface area contributed by atoms with Crippen LogP contribution in [0.15, 0.2) is 65.6 Å². The van der Waals surface area contributed by atoms with Crippen LogP contribution in [0.4, 0.5) is 5.69 Å². The molecule has 0 spiro atoms. The maximum Gasteiger partial charge on any atom is 0.264 e. The lowest BCUT2D eigenvalue weighted by Crippen LogP contribution is -2.41. The van der Waals surface area contributed by atoms with Gasteiger partial charge >= 0.3 is 0 Å². The first-order valence-corrected chi connectivity index (χ1v) is 12.7. The topological polar surface area (TPSA) is 84.9 Å². The minimum absolute atomic E-state index is 0.00939. The Balaban J connectivity index is 1.93. The van der Waals surface area contributed by atoms with Crippen molar-refractivity contribution in [1.82, 2.24) is 5.32 Å². The predicted molar refractivity (Wildman–Crippen MR) is 138 cm³/mol. The molecule has 1 N–H and O–H groups in total. The van der Waals surface area contributed by atoms with Crippen molar-refractivity contribution in [2.45, 2.75) is 38.6 Å². The number of rotatable bonds is 9. The number of hydrogen-bond acceptors (Lipinski definition) is 5. The smallest absolute Gasteiger partial charge is 0.264 e. The Kier molecular flexibility index (Phi) is 8.07. The zero-order valence-corrected chi connectivity index (χ0v) is 21.8. The van der Waals surface area contributed by atoms with E-state index in [1.165, 1.54) is 38.0 Å². The van der Waals surface area contributed by atoms with Gasteiger partial charge in [0.1, 0.15) is 6.54 Å². The van der Waals surface area contributed by atoms with Crippen molar-refractivity contribution in [2.75, 3.05) is 25.1 Å². The van der Waals surface area contributed by atoms with Crippen molar-refractivity contribution in [2.24, 2.45) is 0 Å². The monoisotopic (exact) mass is 496 g/mol. The average Bonchev–Trinajstić information content (AvgIpc) is 2.84. The van der Waals surface area contributed by atoms with Crippen molar-refractivity contribution in [3.8, 4) is 11.5 Å². The number of nitrogens with zero attached hydrogens (tertiary/aromatic N) is 1. The Hall–Kier alpha value is -3.52. The quantitative estimate of drug-likeness (QED) is 0.464. The molecular formula is C27H32N2O5S. The van der Waals surface area contributed by atoms with Gasteiger partial charge in [-0.05, 0) is 74.2 Å². The van der Waals surface area contributed by atoms with Gasteiger partial charge in [0, 0.05) is 6.07 Å². The highest BCUT2D eigenvalue weighted by Crippen LogP contribution is 2.32. The highest BCUT2D eigenvalue weighted by Gasteiger charge is 2.29. The summed E-state index contributed by atoms with van der Waals surface area (Å²) in [5.74, 6) is 0.279. The molecule has 0 saturated heterocycles. The molecule has 7 nitrogen and oxygen atoms in total. The number of benzene rings is 3. The van der Waals surface area contributed by atoms with Gasteiger partial charge in [-0.15, -0.1) is 0 Å². The number of amides is 1. The molecule has 35 heavy (non-hydrogen) atoms. The molecule has 0 unspecified atom stereocenters. The van der Waals surface area contributed by atoms with Gasteiger partial charge in [-0.2, -0.15) is 0 Å². The molecule has 3 rings (SSSR count). The van der Waals surface area contributed by atoms with Crippen LogP contribution in [0, 0.1) is 20.8 Å². The molecule has 0 bridgehead atoms. The number of anilines is 1. The zero-order valence-electron chi connectivity index (χ0n) is 21.0. The fraction of sp³-hybridized carbons (Fsp3) is 0.296. The SMILES string of the molecule is COc1ccc(S(=O)(=O)N(CC(=O)N[C@H](C)c2cc(C)c(C)cc2C)c2ccccc2)cc1OC. The van der Waals surface area contributed by atoms with Gasteiger partial charge in [0.05, 0.1) is 30.8 Å². The summed E-state index contributed by atoms with van der Waals surface area (Å²) < 4.78 is 39.0. The zero-order chi connectivity index (χ0) is 25.8. The van der Waals surface area contributed by atoms with Crippen molar-refractivity contribution in [3.63, 3.8) is 0 Å². The highest BCUT2D eigenvalue weighted by atomic mass is 32.2. The maximum absolute atomic E-state index is 13.7. The summed E-state index contributed by atoms with van der Waals surface area (Å²) in [7, 11) is -1.18. The summed E-state index contributed by atoms with van der Waals surface area (Å²) in [6.45, 7) is 7.59. The van der Waals surface area contributed by atoms with Crippen LogP contribution in [-0.4, -0.2) is 35.1 Å². The molecule has 0 radical (unpaired) electrons. The summed E-state index contributed by atoms with van der Waals surface area (Å²) in [6, 6.07) is 16.8. The number of ether oxygens (including phenoxy) is 2. The number of sulfonamides is 1. The maximum atomic E-state index is 13.7. The van der Waals surface area contributed by atoms with Crippen molar-refractivity contribution < 1.29 is 22.7 Å². The van der Waals surface area contributed by atoms with Crippen LogP contribution in [0.5, 0.6) is 11.5 Å². The van der Waals surface area contributed by atoms with E-state index in [9.17, 15) is 13.2 Å². The molecule has 3 aromatic rings. The number of carbonyl (C=O) groups excluding carboxylic acids is 1. The van der Waals surface area contributed by atoms with E-state index >= 15 is 0 Å². The van der Waals surface area contributed by atoms with E-state index < -0.39 is 15.9 Å². The fourth-order valence-corrected chi connectivity index (χ4v) is 5.40. The molecule has 186 valence electrons. The van der Waals surface area contributed by atoms with Crippen LogP contribution in [0.1, 0.15) is 35.2 Å². The largest absolute Gasteiger partial charge is 0.493 e. The molecule has 0 aliphatic carbocycles. The van der Waals surface area contributed by atoms with E-state index in [4.69, 9.17) is 9.47 Å². The molecule has 0 aromatic heterocycles. The fourth-order valence-electron chi connectivity index (χ4n) is 3.96. The van der Waals surface area contributed by atoms with E-state index in [2.05, 4.69) is 17.4 Å². The van der Waals surface area contributed by atoms with E-state index in [1.807, 2.05) is 27.7 Å². The number of carbonyl (C=O) groups is 1. The lowest BCUT2D eigenvalue weighted by Gasteiger charge is -2.26. The summed E-state index contributed by atoms with van der Waals surface area (Å²) in [6.07, 6.45) is 0. The molecule has 3 aromatic carbocycles. The lowest BCUT2D eigenvalue weighted by molar-refractivity contribution is -0.120. The van der Waals surface area contributed by atoms with Gasteiger partial charge in [-0.3, -0.25) is 9.10 Å². The van der Waals surface area contributed by atoms with Crippen molar-refractivity contribution in [1.29, 1.82) is 0 Å². The Labute approximate surface area is 207 Å². The number of methoxy groups -OCH3 is 2. The number of para-hydroxylation sites is 1. The molecule has 0 fully saturated rings. The van der Waals surface area contributed by atoms with Crippen molar-refractivity contribution in [3.05, 3.63) is 82.9 Å². The van der Waals surface area contributed by atoms with E-state index in [-0.39, 0.29) is 23.2 Å². The number of hydrogen-bond donors (Lipinski definition) is 1. The summed E-state index contributed by atoms with van der Waals surface area (Å²) >= 11 is 0. The molecule has 0 saturated carbocycles. The second kappa shape index (κ2) is 10.8. The van der Waals surface area contributed by atoms with Gasteiger partial charge in [0.15, 0.2) is 11.5 Å². The molecular weight excluding hydrogens is 464 g/mol. The third-order valence-electron chi connectivity index (χ3n) is 6.00. The molecule has 8 heteroatoms. The second-order valence-corrected chi connectivity index (χ2v) is 10.3. The predicted octanol–water partition coefficient (Wildman–Crippen LogP) is 4.70. The van der Waals surface area contributed by atoms with Crippen LogP contribution < -0.4 is 19.1 Å². The third kappa shape index (κ3) is 5.77. The summed E-state index contributed by atoms with van der Waals surface area (Å²) in [5, 5.41) is 2.96. The molecule has 1 atom stereocenters. The first-order chi connectivity index (χ1) is 16.6. The third-order valence-corrected chi connectivity index (χ3v) is 7.77. The molecule has 0 aliphatic heterocycles. The standard InChI is InChI=1S/C27H32N2O5S/c1-18-14-20(3)24(15-19(18)2)21(4)28-27(30)17-29(22-10-8-7-9-11-22)35(31,32)23-12-13-25(33-5)26(16-23)34-6/h7-16,21H,17H2,1-6H3,(H,28,30)/t21-/m1/s1. The van der Waals surface area contributed by atoms with E-state index in [0.29, 0.717) is 11.4 Å². The van der Waals surface area contributed by atoms with E-state index in [0.717, 1.165) is 21.0 Å². The van der Waals surface area contributed by atoms with Gasteiger partial charge in [0.2, 0.25) is 5.91 Å². The Morgan fingerprint density at radius 2 is 1.51 bits per heavy atom. The Morgan fingerprint density at radius 1 is 0.886 bits per heavy atom. The van der Waals surface area contributed by atoms with Crippen LogP contribution in [0.25, 0.3) is 0 Å². The lowest BCUT2D eigenvalue weighted by atomic mass is 9.96. The van der Waals surface area contributed by atoms with Crippen LogP contribution >= 0.6 is 0 Å². The van der Waals surface area contributed by atoms with Gasteiger partial charge in [-0.25, -0.2) is 8.42 Å². The Morgan fingerprint density at radius 3 is 2.14 bits per heavy atom. The van der Waals surface area contributed by atoms with E-state index in [1.54, 1.807) is 30.3 Å². The van der Waals surface area contributed by atoms with Crippen molar-refractivity contribution >= 4 is 21.6 Å². The van der Waals surface area contributed by atoms with Gasteiger partial charge < -0.3 is 14.8 Å². The summed E-state index contributed by atoms with van der Waals surface area (Å²) in [5.41, 5.74) is 4.76. The minimum Gasteiger partial charge on any atom is -0.493 e. The summed E-state index contributed by atoms with van der Waals surface area (Å²) in [4.78, 5) is 13.1. The highest BCUT2D eigenvalue weighted by molar-refractivity contribution is 7.92. The minimum atomic E-state index is -4.09. The molecule has 0 aliphatic rings. The second-order valence-electron chi connectivity index (χ2n) is 8.45. The number of aryl methyl sites for hydroxylation is 3. The van der Waals surface area contributed by atoms with Crippen LogP contribution in [0.2, 0.25) is 0 Å². The first kappa shape index (κ1) is 26.1. The normalized spacial score (nSPS) is 12.1. The first-order valence-electron chi connectivity index (χ1n) is 11.3. The van der Waals surface area contributed by atoms with Gasteiger partial charge in [-0.1, -0.05) is 30.3 Å². The van der Waals surface area contributed by atoms with Crippen LogP contribution in [-0.2, 0) is 14.8 Å². The number of nitrogens with one attached hydrogen (secondary N) is 1. The Bertz CT molecular complexity index is 1310. The average molecular weight is 497 g/mol.